The lowest BCUT2D eigenvalue weighted by Gasteiger charge is -2.33. The molecule has 2 saturated heterocycles. The first kappa shape index (κ1) is 63.7. The van der Waals surface area contributed by atoms with Crippen LogP contribution in [0.4, 0.5) is 0 Å². The van der Waals surface area contributed by atoms with Gasteiger partial charge in [0.25, 0.3) is 0 Å². The van der Waals surface area contributed by atoms with Crippen molar-refractivity contribution in [3.05, 3.63) is 0 Å². The topological polar surface area (TPSA) is 205 Å². The summed E-state index contributed by atoms with van der Waals surface area (Å²) in [6.45, 7) is 36.2. The van der Waals surface area contributed by atoms with Crippen molar-refractivity contribution in [1.82, 2.24) is 0 Å². The fraction of sp³-hybridized carbons (Fsp3) is 0.887. The van der Waals surface area contributed by atoms with Crippen molar-refractivity contribution in [2.24, 2.45) is 56.2 Å². The van der Waals surface area contributed by atoms with Crippen molar-refractivity contribution in [1.29, 1.82) is 0 Å². The Morgan fingerprint density at radius 1 is 0.478 bits per heavy atom. The van der Waals surface area contributed by atoms with Gasteiger partial charge in [-0.3, -0.25) is 28.8 Å². The Balaban J connectivity index is 0.000000805. The van der Waals surface area contributed by atoms with Gasteiger partial charge in [-0.25, -0.2) is 0 Å². The van der Waals surface area contributed by atoms with E-state index in [1.165, 1.54) is 32.8 Å². The Labute approximate surface area is 405 Å². The first-order valence-electron chi connectivity index (χ1n) is 25.0. The second-order valence-electron chi connectivity index (χ2n) is 22.7. The number of aliphatic carboxylic acids is 2. The molecular formula is C53H96O14. The summed E-state index contributed by atoms with van der Waals surface area (Å²) in [5.41, 5.74) is -2.41. The van der Waals surface area contributed by atoms with E-state index < -0.39 is 22.8 Å². The number of hydrogen-bond acceptors (Lipinski definition) is 12. The minimum absolute atomic E-state index is 0.0251. The molecular weight excluding hydrogens is 861 g/mol. The summed E-state index contributed by atoms with van der Waals surface area (Å²) in [5, 5.41) is 16.9. The van der Waals surface area contributed by atoms with Crippen LogP contribution in [0.1, 0.15) is 195 Å². The first-order chi connectivity index (χ1) is 30.7. The van der Waals surface area contributed by atoms with Gasteiger partial charge in [0.1, 0.15) is 31.5 Å². The van der Waals surface area contributed by atoms with Gasteiger partial charge in [0.05, 0.1) is 52.8 Å². The molecule has 7 unspecified atom stereocenters. The van der Waals surface area contributed by atoms with Crippen LogP contribution in [0.3, 0.4) is 0 Å². The van der Waals surface area contributed by atoms with Gasteiger partial charge in [0.15, 0.2) is 0 Å². The molecule has 7 atom stereocenters. The largest absolute Gasteiger partial charge is 0.481 e. The molecule has 2 aliphatic heterocycles. The average molecular weight is 957 g/mol. The summed E-state index contributed by atoms with van der Waals surface area (Å²) in [5.74, 6) is 1.61. The van der Waals surface area contributed by atoms with E-state index in [0.717, 1.165) is 63.1 Å². The highest BCUT2D eigenvalue weighted by atomic mass is 16.6. The quantitative estimate of drug-likeness (QED) is 0.0791. The molecule has 5 rings (SSSR count). The zero-order valence-electron chi connectivity index (χ0n) is 45.4. The predicted molar refractivity (Wildman–Crippen MR) is 260 cm³/mol. The summed E-state index contributed by atoms with van der Waals surface area (Å²) < 4.78 is 30.4. The lowest BCUT2D eigenvalue weighted by atomic mass is 9.80. The van der Waals surface area contributed by atoms with Crippen LogP contribution in [0.25, 0.3) is 0 Å². The van der Waals surface area contributed by atoms with E-state index in [-0.39, 0.29) is 63.8 Å². The lowest BCUT2D eigenvalue weighted by molar-refractivity contribution is -0.164. The Bertz CT molecular complexity index is 1490. The SMILES string of the molecule is CCC(C)(C)C(=O)O.CCC(C)(C)C(=O)O.CCC(C)(C)C(=O)OC.CCC(C)(C)C(=O)OC1CC2CC1C1CCCC21.CCC(C)(C)C(=O)OCC1CO1.CCC(C)(C)C(=O)OCC1CO1. The van der Waals surface area contributed by atoms with Gasteiger partial charge >= 0.3 is 35.8 Å². The summed E-state index contributed by atoms with van der Waals surface area (Å²) in [7, 11) is 1.42. The highest BCUT2D eigenvalue weighted by Crippen LogP contribution is 2.59. The molecule has 5 aliphatic rings. The fourth-order valence-corrected chi connectivity index (χ4v) is 6.65. The van der Waals surface area contributed by atoms with Crippen LogP contribution in [-0.2, 0) is 57.2 Å². The number of carboxylic acids is 2. The predicted octanol–water partition coefficient (Wildman–Crippen LogP) is 11.1. The fourth-order valence-electron chi connectivity index (χ4n) is 6.65. The number of carbonyl (C=O) groups excluding carboxylic acids is 4. The number of methoxy groups -OCH3 is 1. The molecule has 0 spiro atoms. The minimum Gasteiger partial charge on any atom is -0.481 e. The van der Waals surface area contributed by atoms with Gasteiger partial charge in [-0.2, -0.15) is 0 Å². The lowest BCUT2D eigenvalue weighted by Crippen LogP contribution is -2.36. The molecule has 3 aliphatic carbocycles. The molecule has 2 bridgehead atoms. The average Bonchev–Trinajstić information content (AvgIpc) is 4.18. The van der Waals surface area contributed by atoms with Gasteiger partial charge < -0.3 is 38.6 Å². The third-order valence-corrected chi connectivity index (χ3v) is 15.1. The van der Waals surface area contributed by atoms with Crippen molar-refractivity contribution in [3.63, 3.8) is 0 Å². The number of carbonyl (C=O) groups is 6. The summed E-state index contributed by atoms with van der Waals surface area (Å²) in [4.78, 5) is 66.2. The van der Waals surface area contributed by atoms with E-state index in [0.29, 0.717) is 32.0 Å². The van der Waals surface area contributed by atoms with Gasteiger partial charge in [-0.05, 0) is 171 Å². The zero-order valence-corrected chi connectivity index (χ0v) is 45.4. The van der Waals surface area contributed by atoms with E-state index in [4.69, 9.17) is 33.9 Å². The molecule has 5 fully saturated rings. The number of esters is 4. The van der Waals surface area contributed by atoms with Gasteiger partial charge in [0.2, 0.25) is 0 Å². The van der Waals surface area contributed by atoms with Crippen molar-refractivity contribution >= 4 is 35.8 Å². The van der Waals surface area contributed by atoms with E-state index in [1.54, 1.807) is 27.7 Å². The van der Waals surface area contributed by atoms with Crippen molar-refractivity contribution in [3.8, 4) is 0 Å². The number of rotatable bonds is 17. The first-order valence-corrected chi connectivity index (χ1v) is 25.0. The molecule has 392 valence electrons. The van der Waals surface area contributed by atoms with Crippen LogP contribution in [0.15, 0.2) is 0 Å². The normalized spacial score (nSPS) is 23.4. The molecule has 0 radical (unpaired) electrons. The van der Waals surface area contributed by atoms with Crippen LogP contribution in [0, 0.1) is 56.2 Å². The molecule has 67 heavy (non-hydrogen) atoms. The van der Waals surface area contributed by atoms with Gasteiger partial charge in [-0.1, -0.05) is 48.0 Å². The molecule has 0 amide bonds. The second-order valence-corrected chi connectivity index (χ2v) is 22.7. The zero-order chi connectivity index (χ0) is 52.4. The molecule has 3 saturated carbocycles. The van der Waals surface area contributed by atoms with E-state index in [9.17, 15) is 28.8 Å². The number of carboxylic acid groups (broad SMARTS) is 2. The Morgan fingerprint density at radius 2 is 0.806 bits per heavy atom. The van der Waals surface area contributed by atoms with Crippen molar-refractivity contribution in [2.75, 3.05) is 33.5 Å². The maximum absolute atomic E-state index is 12.2. The third-order valence-electron chi connectivity index (χ3n) is 15.1. The van der Waals surface area contributed by atoms with Gasteiger partial charge in [-0.15, -0.1) is 0 Å². The van der Waals surface area contributed by atoms with Crippen molar-refractivity contribution < 1.29 is 67.4 Å². The summed E-state index contributed by atoms with van der Waals surface area (Å²) in [6, 6.07) is 0. The van der Waals surface area contributed by atoms with Crippen LogP contribution >= 0.6 is 0 Å². The number of ether oxygens (including phenoxy) is 6. The summed E-state index contributed by atoms with van der Waals surface area (Å²) in [6.07, 6.45) is 11.9. The Kier molecular flexibility index (Phi) is 26.5. The third kappa shape index (κ3) is 21.9. The molecule has 2 N–H and O–H groups in total. The van der Waals surface area contributed by atoms with E-state index >= 15 is 0 Å². The number of fused-ring (bicyclic) bond motifs is 5. The Hall–Kier alpha value is -3.26. The number of epoxide rings is 2. The van der Waals surface area contributed by atoms with Crippen LogP contribution in [0.5, 0.6) is 0 Å². The standard InChI is InChI=1S/C16H26O2.2C9H16O3.C7H14O2.2C6H12O2/c1-4-16(2,3)15(17)18-14-9-10-8-13(14)12-7-5-6-11(10)12;2*1-4-9(2,3)8(10)12-6-7-5-11-7;1-5-7(2,3)6(8)9-4;2*1-4-6(2,3)5(7)8/h10-14H,4-9H2,1-3H3;2*7H,4-6H2,1-3H3;5H2,1-4H3;2*4H2,1-3H3,(H,7,8). The molecule has 0 aromatic rings. The van der Waals surface area contributed by atoms with Crippen molar-refractivity contribution in [2.45, 2.75) is 214 Å². The molecule has 14 nitrogen and oxygen atoms in total. The van der Waals surface area contributed by atoms with Gasteiger partial charge in [0, 0.05) is 0 Å². The van der Waals surface area contributed by atoms with Crippen LogP contribution < -0.4 is 0 Å². The smallest absolute Gasteiger partial charge is 0.311 e. The van der Waals surface area contributed by atoms with Crippen LogP contribution in [0.2, 0.25) is 0 Å². The van der Waals surface area contributed by atoms with E-state index in [2.05, 4.69) is 11.7 Å². The highest BCUT2D eigenvalue weighted by Gasteiger charge is 2.55. The molecule has 14 heteroatoms. The molecule has 2 heterocycles. The minimum atomic E-state index is -0.722. The monoisotopic (exact) mass is 957 g/mol. The molecule has 0 aromatic carbocycles. The number of hydrogen-bond donors (Lipinski definition) is 2. The molecule has 0 aromatic heterocycles. The van der Waals surface area contributed by atoms with Crippen LogP contribution in [-0.4, -0.2) is 97.9 Å². The summed E-state index contributed by atoms with van der Waals surface area (Å²) >= 11 is 0. The maximum Gasteiger partial charge on any atom is 0.311 e. The maximum atomic E-state index is 12.2. The second kappa shape index (κ2) is 27.8. The highest BCUT2D eigenvalue weighted by molar-refractivity contribution is 5.77. The Morgan fingerprint density at radius 3 is 1.09 bits per heavy atom. The van der Waals surface area contributed by atoms with E-state index in [1.807, 2.05) is 90.0 Å².